The second-order valence-corrected chi connectivity index (χ2v) is 4.43. The van der Waals surface area contributed by atoms with Crippen LogP contribution in [0.1, 0.15) is 25.7 Å². The summed E-state index contributed by atoms with van der Waals surface area (Å²) in [5, 5.41) is 36.9. The highest BCUT2D eigenvalue weighted by atomic mass is 16.9. The van der Waals surface area contributed by atoms with E-state index in [4.69, 9.17) is 20.4 Å². The lowest BCUT2D eigenvalue weighted by atomic mass is 10.2. The normalized spacial score (nSPS) is 23.8. The maximum Gasteiger partial charge on any atom is 0.362 e. The van der Waals surface area contributed by atoms with E-state index in [-0.39, 0.29) is 12.1 Å². The van der Waals surface area contributed by atoms with Crippen molar-refractivity contribution in [2.45, 2.75) is 37.8 Å². The van der Waals surface area contributed by atoms with E-state index in [0.29, 0.717) is 0 Å². The summed E-state index contributed by atoms with van der Waals surface area (Å²) < 4.78 is 0. The van der Waals surface area contributed by atoms with Gasteiger partial charge in [-0.3, -0.25) is 0 Å². The van der Waals surface area contributed by atoms with E-state index in [1.54, 1.807) is 0 Å². The standard InChI is InChI=1S/2C5H9NO2.NO3/c2*7-5(8)4-2-1-3-6-4;2-1(3)4/h2*4,6H,1-3H2,(H,7,8);/q;;-1/p+1/t2*4-;/m00./s1. The van der Waals surface area contributed by atoms with Gasteiger partial charge < -0.3 is 41.0 Å². The number of aliphatic carboxylic acids is 2. The Bertz CT molecular complexity index is 295. The first-order valence-corrected chi connectivity index (χ1v) is 6.26. The van der Waals surface area contributed by atoms with Crippen molar-refractivity contribution in [1.82, 2.24) is 0 Å². The zero-order valence-electron chi connectivity index (χ0n) is 10.9. The minimum absolute atomic E-state index is 0.144. The maximum absolute atomic E-state index is 10.2. The summed E-state index contributed by atoms with van der Waals surface area (Å²) in [7, 11) is 0. The summed E-state index contributed by atoms with van der Waals surface area (Å²) in [4.78, 5) is 28.5. The largest absolute Gasteiger partial charge is 0.544 e. The number of quaternary nitrogens is 2. The molecule has 0 radical (unpaired) electrons. The van der Waals surface area contributed by atoms with Gasteiger partial charge in [-0.25, -0.2) is 4.79 Å². The molecule has 0 unspecified atom stereocenters. The molecule has 2 rings (SSSR count). The number of carbonyl (C=O) groups excluding carboxylic acids is 1. The van der Waals surface area contributed by atoms with E-state index < -0.39 is 17.0 Å². The SMILES string of the molecule is O=C(O)[C@@H]1CCC[NH2+]1.O=C([O-])[C@@H]1CCC[NH2+]1.O=[N+]([O-])[O-]. The highest BCUT2D eigenvalue weighted by molar-refractivity contribution is 5.71. The Hall–Kier alpha value is -1.94. The fourth-order valence-corrected chi connectivity index (χ4v) is 1.99. The van der Waals surface area contributed by atoms with Crippen LogP contribution in [-0.2, 0) is 9.59 Å². The molecule has 0 spiro atoms. The van der Waals surface area contributed by atoms with Crippen LogP contribution in [-0.4, -0.2) is 47.3 Å². The summed E-state index contributed by atoms with van der Waals surface area (Å²) in [5.41, 5.74) is 0. The monoisotopic (exact) mass is 293 g/mol. The first-order valence-electron chi connectivity index (χ1n) is 6.26. The van der Waals surface area contributed by atoms with E-state index >= 15 is 0 Å². The lowest BCUT2D eigenvalue weighted by Crippen LogP contribution is -2.89. The van der Waals surface area contributed by atoms with Crippen LogP contribution < -0.4 is 15.7 Å². The third kappa shape index (κ3) is 9.05. The van der Waals surface area contributed by atoms with E-state index in [2.05, 4.69) is 0 Å². The second kappa shape index (κ2) is 9.92. The van der Waals surface area contributed by atoms with Gasteiger partial charge in [0.2, 0.25) is 0 Å². The number of carbonyl (C=O) groups is 2. The summed E-state index contributed by atoms with van der Waals surface area (Å²) in [6, 6.07) is -0.398. The van der Waals surface area contributed by atoms with Gasteiger partial charge in [-0.15, -0.1) is 0 Å². The molecule has 2 fully saturated rings. The van der Waals surface area contributed by atoms with Gasteiger partial charge in [-0.2, -0.15) is 0 Å². The number of carboxylic acids is 2. The molecule has 0 amide bonds. The van der Waals surface area contributed by atoms with Crippen molar-refractivity contribution in [2.75, 3.05) is 13.1 Å². The Morgan fingerprint density at radius 3 is 1.60 bits per heavy atom. The molecule has 2 heterocycles. The van der Waals surface area contributed by atoms with Crippen molar-refractivity contribution in [3.05, 3.63) is 15.3 Å². The molecule has 0 aromatic rings. The highest BCUT2D eigenvalue weighted by Crippen LogP contribution is 1.95. The molecule has 0 aromatic carbocycles. The van der Waals surface area contributed by atoms with Crippen LogP contribution >= 0.6 is 0 Å². The van der Waals surface area contributed by atoms with Gasteiger partial charge >= 0.3 is 5.97 Å². The van der Waals surface area contributed by atoms with Gasteiger partial charge in [-0.05, 0) is 0 Å². The van der Waals surface area contributed by atoms with Gasteiger partial charge in [0.15, 0.2) is 6.04 Å². The van der Waals surface area contributed by atoms with E-state index in [1.165, 1.54) is 0 Å². The Labute approximate surface area is 114 Å². The fourth-order valence-electron chi connectivity index (χ4n) is 1.99. The Morgan fingerprint density at radius 1 is 1.05 bits per heavy atom. The summed E-state index contributed by atoms with van der Waals surface area (Å²) in [6.07, 6.45) is 3.69. The second-order valence-electron chi connectivity index (χ2n) is 4.43. The van der Waals surface area contributed by atoms with Crippen molar-refractivity contribution in [2.24, 2.45) is 0 Å². The van der Waals surface area contributed by atoms with Crippen LogP contribution in [0.2, 0.25) is 0 Å². The smallest absolute Gasteiger partial charge is 0.362 e. The average molecular weight is 293 g/mol. The van der Waals surface area contributed by atoms with Crippen molar-refractivity contribution in [3.8, 4) is 0 Å². The molecule has 0 bridgehead atoms. The van der Waals surface area contributed by atoms with Crippen molar-refractivity contribution >= 4 is 11.9 Å². The first kappa shape index (κ1) is 18.1. The maximum atomic E-state index is 10.2. The van der Waals surface area contributed by atoms with Crippen LogP contribution in [0.5, 0.6) is 0 Å². The van der Waals surface area contributed by atoms with Gasteiger partial charge in [0, 0.05) is 25.7 Å². The topological polar surface area (TPSA) is 177 Å². The number of nitrogens with two attached hydrogens (primary N) is 2. The third-order valence-corrected chi connectivity index (χ3v) is 2.96. The van der Waals surface area contributed by atoms with E-state index in [0.717, 1.165) is 38.8 Å². The molecule has 20 heavy (non-hydrogen) atoms. The molecular weight excluding hydrogens is 274 g/mol. The molecule has 0 aliphatic carbocycles. The lowest BCUT2D eigenvalue weighted by molar-refractivity contribution is -0.664. The van der Waals surface area contributed by atoms with Crippen LogP contribution in [0.4, 0.5) is 0 Å². The van der Waals surface area contributed by atoms with Crippen molar-refractivity contribution in [1.29, 1.82) is 0 Å². The molecule has 5 N–H and O–H groups in total. The van der Waals surface area contributed by atoms with Crippen LogP contribution in [0.25, 0.3) is 0 Å². The Balaban J connectivity index is 0.000000289. The molecule has 2 saturated heterocycles. The van der Waals surface area contributed by atoms with Gasteiger partial charge in [0.25, 0.3) is 0 Å². The highest BCUT2D eigenvalue weighted by Gasteiger charge is 2.24. The molecular formula is C10H19N3O7. The fraction of sp³-hybridized carbons (Fsp3) is 0.800. The molecule has 10 heteroatoms. The Kier molecular flexibility index (Phi) is 8.96. The Morgan fingerprint density at radius 2 is 1.45 bits per heavy atom. The predicted octanol–water partition coefficient (Wildman–Crippen LogP) is -3.98. The zero-order valence-corrected chi connectivity index (χ0v) is 10.9. The van der Waals surface area contributed by atoms with E-state index in [9.17, 15) is 14.7 Å². The van der Waals surface area contributed by atoms with Crippen LogP contribution in [0.3, 0.4) is 0 Å². The van der Waals surface area contributed by atoms with Crippen molar-refractivity contribution < 1.29 is 35.5 Å². The minimum Gasteiger partial charge on any atom is -0.544 e. The van der Waals surface area contributed by atoms with Crippen LogP contribution in [0.15, 0.2) is 0 Å². The third-order valence-electron chi connectivity index (χ3n) is 2.96. The summed E-state index contributed by atoms with van der Waals surface area (Å²) >= 11 is 0. The number of hydrogen-bond acceptors (Lipinski definition) is 6. The van der Waals surface area contributed by atoms with Crippen molar-refractivity contribution in [3.63, 3.8) is 0 Å². The number of carboxylic acid groups (broad SMARTS) is 2. The average Bonchev–Trinajstić information content (AvgIpc) is 3.03. The molecule has 2 aliphatic rings. The number of nitrogens with zero attached hydrogens (tertiary/aromatic N) is 1. The first-order chi connectivity index (χ1) is 9.34. The summed E-state index contributed by atoms with van der Waals surface area (Å²) in [6.45, 7) is 1.93. The number of hydrogen-bond donors (Lipinski definition) is 3. The van der Waals surface area contributed by atoms with Gasteiger partial charge in [0.1, 0.15) is 6.04 Å². The van der Waals surface area contributed by atoms with Gasteiger partial charge in [-0.1, -0.05) is 0 Å². The number of rotatable bonds is 2. The predicted molar refractivity (Wildman–Crippen MR) is 62.6 cm³/mol. The lowest BCUT2D eigenvalue weighted by Gasteiger charge is -2.05. The molecule has 2 aliphatic heterocycles. The molecule has 2 atom stereocenters. The van der Waals surface area contributed by atoms with E-state index in [1.807, 2.05) is 10.6 Å². The minimum atomic E-state index is -1.75. The molecule has 10 nitrogen and oxygen atoms in total. The molecule has 0 saturated carbocycles. The van der Waals surface area contributed by atoms with Gasteiger partial charge in [0.05, 0.1) is 24.1 Å². The van der Waals surface area contributed by atoms with Crippen LogP contribution in [0, 0.1) is 15.3 Å². The molecule has 0 aromatic heterocycles. The summed E-state index contributed by atoms with van der Waals surface area (Å²) in [5.74, 6) is -1.58. The quantitative estimate of drug-likeness (QED) is 0.343. The zero-order chi connectivity index (χ0) is 15.5. The molecule has 116 valence electrons.